The normalized spacial score (nSPS) is 10.1. The van der Waals surface area contributed by atoms with Crippen LogP contribution in [0.5, 0.6) is 5.75 Å². The van der Waals surface area contributed by atoms with Gasteiger partial charge in [-0.15, -0.1) is 0 Å². The molecular formula is C14H25O2Sn. The Hall–Kier alpha value is -0.221. The molecule has 0 aliphatic heterocycles. The van der Waals surface area contributed by atoms with Crippen molar-refractivity contribution in [3.05, 3.63) is 30.3 Å². The van der Waals surface area contributed by atoms with Crippen LogP contribution in [0.1, 0.15) is 39.5 Å². The smallest absolute Gasteiger partial charge is 0.412 e. The minimum absolute atomic E-state index is 0. The predicted molar refractivity (Wildman–Crippen MR) is 75.9 cm³/mol. The second kappa shape index (κ2) is 10.9. The number of unbranched alkanes of at least 4 members (excludes halogenated alkanes) is 2. The molecule has 1 radical (unpaired) electrons. The van der Waals surface area contributed by atoms with Gasteiger partial charge in [0.25, 0.3) is 0 Å². The topological polar surface area (TPSA) is 40.7 Å². The minimum Gasteiger partial charge on any atom is -0.412 e. The van der Waals surface area contributed by atoms with Crippen molar-refractivity contribution in [3.63, 3.8) is 0 Å². The van der Waals surface area contributed by atoms with Crippen molar-refractivity contribution in [2.45, 2.75) is 48.4 Å². The van der Waals surface area contributed by atoms with Gasteiger partial charge in [-0.2, -0.15) is 0 Å². The Morgan fingerprint density at radius 3 is 1.94 bits per heavy atom. The zero-order valence-electron chi connectivity index (χ0n) is 11.0. The van der Waals surface area contributed by atoms with Crippen LogP contribution in [0.15, 0.2) is 30.3 Å². The number of hydrogen-bond donors (Lipinski definition) is 0. The first-order valence-corrected chi connectivity index (χ1v) is 11.6. The maximum Gasteiger partial charge on any atom is -0.412 e. The average Bonchev–Trinajstić information content (AvgIpc) is 2.34. The summed E-state index contributed by atoms with van der Waals surface area (Å²) in [4.78, 5) is 0. The van der Waals surface area contributed by atoms with E-state index in [0.29, 0.717) is 0 Å². The van der Waals surface area contributed by atoms with E-state index in [1.807, 2.05) is 6.07 Å². The maximum absolute atomic E-state index is 6.22. The van der Waals surface area contributed by atoms with Crippen molar-refractivity contribution in [2.24, 2.45) is 0 Å². The molecule has 2 N–H and O–H groups in total. The summed E-state index contributed by atoms with van der Waals surface area (Å²) in [5.74, 6) is 1.10. The van der Waals surface area contributed by atoms with Gasteiger partial charge in [-0.05, 0) is 0 Å². The van der Waals surface area contributed by atoms with Gasteiger partial charge in [-0.1, -0.05) is 0 Å². The van der Waals surface area contributed by atoms with E-state index in [1.54, 1.807) is 0 Å². The minimum atomic E-state index is -1.58. The fourth-order valence-electron chi connectivity index (χ4n) is 1.63. The van der Waals surface area contributed by atoms with E-state index in [0.717, 1.165) is 5.75 Å². The molecule has 0 saturated carbocycles. The SMILES string of the molecule is CCC[CH2][Sn]([CH2]CCC)[O]c1ccccc1.O. The largest absolute Gasteiger partial charge is 0.412 e. The van der Waals surface area contributed by atoms with Crippen LogP contribution in [-0.2, 0) is 0 Å². The van der Waals surface area contributed by atoms with Gasteiger partial charge in [0, 0.05) is 0 Å². The monoisotopic (exact) mass is 345 g/mol. The van der Waals surface area contributed by atoms with Crippen LogP contribution < -0.4 is 3.07 Å². The van der Waals surface area contributed by atoms with Crippen molar-refractivity contribution >= 4 is 20.2 Å². The van der Waals surface area contributed by atoms with E-state index < -0.39 is 20.2 Å². The van der Waals surface area contributed by atoms with Crippen LogP contribution in [0.4, 0.5) is 0 Å². The third-order valence-corrected chi connectivity index (χ3v) is 9.32. The molecule has 0 fully saturated rings. The van der Waals surface area contributed by atoms with Crippen molar-refractivity contribution in [1.29, 1.82) is 0 Å². The van der Waals surface area contributed by atoms with Gasteiger partial charge in [-0.3, -0.25) is 0 Å². The van der Waals surface area contributed by atoms with Crippen molar-refractivity contribution in [3.8, 4) is 5.75 Å². The molecule has 0 saturated heterocycles. The van der Waals surface area contributed by atoms with Crippen LogP contribution in [0.3, 0.4) is 0 Å². The van der Waals surface area contributed by atoms with E-state index in [1.165, 1.54) is 34.6 Å². The fraction of sp³-hybridized carbons (Fsp3) is 0.571. The van der Waals surface area contributed by atoms with Gasteiger partial charge in [-0.25, -0.2) is 0 Å². The molecule has 0 aliphatic carbocycles. The van der Waals surface area contributed by atoms with Crippen LogP contribution in [0.2, 0.25) is 8.87 Å². The standard InChI is InChI=1S/C6H6O.2C4H9.H2O.Sn/c7-6-4-2-1-3-5-6;2*1-3-4-2;;/h1-5,7H;2*1,3-4H2,2H3;1H2;/q;;;;+1/p-1. The quantitative estimate of drug-likeness (QED) is 0.661. The van der Waals surface area contributed by atoms with E-state index in [9.17, 15) is 0 Å². The first-order valence-electron chi connectivity index (χ1n) is 6.44. The third kappa shape index (κ3) is 7.66. The molecule has 2 nitrogen and oxygen atoms in total. The van der Waals surface area contributed by atoms with Gasteiger partial charge < -0.3 is 5.48 Å². The van der Waals surface area contributed by atoms with E-state index in [2.05, 4.69) is 38.1 Å². The van der Waals surface area contributed by atoms with Crippen LogP contribution in [0.25, 0.3) is 0 Å². The molecule has 97 valence electrons. The Labute approximate surface area is 113 Å². The van der Waals surface area contributed by atoms with Crippen molar-refractivity contribution < 1.29 is 8.55 Å². The number of rotatable bonds is 8. The van der Waals surface area contributed by atoms with Gasteiger partial charge >= 0.3 is 108 Å². The third-order valence-electron chi connectivity index (χ3n) is 2.62. The summed E-state index contributed by atoms with van der Waals surface area (Å²) in [6.45, 7) is 4.53. The van der Waals surface area contributed by atoms with E-state index in [4.69, 9.17) is 3.07 Å². The van der Waals surface area contributed by atoms with Gasteiger partial charge in [0.1, 0.15) is 0 Å². The number of hydrogen-bond acceptors (Lipinski definition) is 1. The van der Waals surface area contributed by atoms with Crippen LogP contribution in [-0.4, -0.2) is 25.6 Å². The predicted octanol–water partition coefficient (Wildman–Crippen LogP) is 3.83. The average molecular weight is 344 g/mol. The Balaban J connectivity index is 0.00000256. The van der Waals surface area contributed by atoms with Crippen LogP contribution >= 0.6 is 0 Å². The number of benzene rings is 1. The van der Waals surface area contributed by atoms with E-state index in [-0.39, 0.29) is 5.48 Å². The molecule has 0 aromatic heterocycles. The molecule has 0 atom stereocenters. The van der Waals surface area contributed by atoms with Gasteiger partial charge in [0.05, 0.1) is 0 Å². The first kappa shape index (κ1) is 16.8. The number of para-hydroxylation sites is 1. The van der Waals surface area contributed by atoms with E-state index >= 15 is 0 Å². The van der Waals surface area contributed by atoms with Crippen molar-refractivity contribution in [2.75, 3.05) is 0 Å². The molecule has 0 unspecified atom stereocenters. The summed E-state index contributed by atoms with van der Waals surface area (Å²) < 4.78 is 8.98. The molecule has 17 heavy (non-hydrogen) atoms. The molecule has 1 rings (SSSR count). The molecule has 0 amide bonds. The zero-order valence-corrected chi connectivity index (χ0v) is 13.9. The first-order chi connectivity index (χ1) is 7.86. The summed E-state index contributed by atoms with van der Waals surface area (Å²) in [7, 11) is 0. The van der Waals surface area contributed by atoms with Gasteiger partial charge in [0.15, 0.2) is 0 Å². The summed E-state index contributed by atoms with van der Waals surface area (Å²) in [6.07, 6.45) is 5.30. The molecule has 1 aromatic carbocycles. The Bertz CT molecular complexity index is 256. The molecule has 0 bridgehead atoms. The molecule has 3 heteroatoms. The summed E-state index contributed by atoms with van der Waals surface area (Å²) >= 11 is -1.58. The molecule has 0 aliphatic rings. The molecule has 0 spiro atoms. The van der Waals surface area contributed by atoms with Crippen LogP contribution in [0, 0.1) is 0 Å². The summed E-state index contributed by atoms with van der Waals surface area (Å²) in [5.41, 5.74) is 0. The second-order valence-corrected chi connectivity index (χ2v) is 10.7. The Kier molecular flexibility index (Phi) is 10.8. The molecular weight excluding hydrogens is 319 g/mol. The maximum atomic E-state index is 6.22. The molecule has 0 heterocycles. The Morgan fingerprint density at radius 1 is 0.941 bits per heavy atom. The fourth-order valence-corrected chi connectivity index (χ4v) is 8.54. The zero-order chi connectivity index (χ0) is 11.6. The Morgan fingerprint density at radius 2 is 1.47 bits per heavy atom. The summed E-state index contributed by atoms with van der Waals surface area (Å²) in [5, 5.41) is 0. The second-order valence-electron chi connectivity index (χ2n) is 4.16. The van der Waals surface area contributed by atoms with Crippen molar-refractivity contribution in [1.82, 2.24) is 0 Å². The molecule has 1 aromatic rings. The van der Waals surface area contributed by atoms with Gasteiger partial charge in [0.2, 0.25) is 0 Å². The summed E-state index contributed by atoms with van der Waals surface area (Å²) in [6, 6.07) is 10.4.